The Labute approximate surface area is 124 Å². The molecule has 0 fully saturated rings. The van der Waals surface area contributed by atoms with Crippen LogP contribution in [0.5, 0.6) is 0 Å². The van der Waals surface area contributed by atoms with Gasteiger partial charge in [-0.15, -0.1) is 0 Å². The van der Waals surface area contributed by atoms with Crippen LogP contribution >= 0.6 is 11.8 Å². The number of aromatic nitrogens is 3. The lowest BCUT2D eigenvalue weighted by atomic mass is 10.2. The molecule has 4 nitrogen and oxygen atoms in total. The summed E-state index contributed by atoms with van der Waals surface area (Å²) < 4.78 is 13.1. The van der Waals surface area contributed by atoms with Gasteiger partial charge in [0.15, 0.2) is 10.6 Å². The maximum absolute atomic E-state index is 13.1. The second-order valence-electron chi connectivity index (χ2n) is 4.90. The van der Waals surface area contributed by atoms with Gasteiger partial charge in [-0.3, -0.25) is 4.79 Å². The normalized spacial score (nSPS) is 11.2. The van der Waals surface area contributed by atoms with Crippen molar-refractivity contribution < 1.29 is 4.39 Å². The third-order valence-corrected chi connectivity index (χ3v) is 4.29. The monoisotopic (exact) mass is 303 g/mol. The van der Waals surface area contributed by atoms with Gasteiger partial charge in [-0.2, -0.15) is 0 Å². The SMILES string of the molecule is Cc1c[nH]c(CSc2nc3ccc(F)cc3[nH]2)c(C)c1=O. The summed E-state index contributed by atoms with van der Waals surface area (Å²) in [7, 11) is 0. The Morgan fingerprint density at radius 3 is 2.95 bits per heavy atom. The second kappa shape index (κ2) is 5.37. The Kier molecular flexibility index (Phi) is 3.55. The molecule has 0 spiro atoms. The number of thioether (sulfide) groups is 1. The highest BCUT2D eigenvalue weighted by Crippen LogP contribution is 2.23. The van der Waals surface area contributed by atoms with E-state index in [9.17, 15) is 9.18 Å². The summed E-state index contributed by atoms with van der Waals surface area (Å²) >= 11 is 1.47. The molecule has 0 saturated carbocycles. The largest absolute Gasteiger partial charge is 0.364 e. The predicted molar refractivity (Wildman–Crippen MR) is 82.1 cm³/mol. The number of aryl methyl sites for hydroxylation is 1. The molecular formula is C15H14FN3OS. The van der Waals surface area contributed by atoms with E-state index in [1.165, 1.54) is 23.9 Å². The maximum atomic E-state index is 13.1. The van der Waals surface area contributed by atoms with Gasteiger partial charge in [-0.25, -0.2) is 9.37 Å². The van der Waals surface area contributed by atoms with Crippen molar-refractivity contribution in [2.24, 2.45) is 0 Å². The Morgan fingerprint density at radius 1 is 1.33 bits per heavy atom. The van der Waals surface area contributed by atoms with Crippen LogP contribution in [-0.2, 0) is 5.75 Å². The number of fused-ring (bicyclic) bond motifs is 1. The third-order valence-electron chi connectivity index (χ3n) is 3.39. The summed E-state index contributed by atoms with van der Waals surface area (Å²) in [5.41, 5.74) is 3.78. The van der Waals surface area contributed by atoms with E-state index in [2.05, 4.69) is 15.0 Å². The first kappa shape index (κ1) is 13.9. The molecule has 108 valence electrons. The number of H-pyrrole nitrogens is 2. The van der Waals surface area contributed by atoms with Crippen LogP contribution < -0.4 is 5.43 Å². The summed E-state index contributed by atoms with van der Waals surface area (Å²) in [5, 5.41) is 0.705. The van der Waals surface area contributed by atoms with E-state index in [4.69, 9.17) is 0 Å². The van der Waals surface area contributed by atoms with Crippen molar-refractivity contribution in [3.63, 3.8) is 0 Å². The molecule has 0 atom stereocenters. The number of hydrogen-bond donors (Lipinski definition) is 2. The molecule has 2 N–H and O–H groups in total. The molecule has 0 aliphatic rings. The molecule has 0 saturated heterocycles. The zero-order valence-electron chi connectivity index (χ0n) is 11.7. The maximum Gasteiger partial charge on any atom is 0.187 e. The highest BCUT2D eigenvalue weighted by molar-refractivity contribution is 7.98. The van der Waals surface area contributed by atoms with E-state index < -0.39 is 0 Å². The van der Waals surface area contributed by atoms with Crippen molar-refractivity contribution in [2.45, 2.75) is 24.8 Å². The number of hydrogen-bond acceptors (Lipinski definition) is 3. The smallest absolute Gasteiger partial charge is 0.187 e. The number of imidazole rings is 1. The molecule has 21 heavy (non-hydrogen) atoms. The van der Waals surface area contributed by atoms with Crippen LogP contribution in [0, 0.1) is 19.7 Å². The Morgan fingerprint density at radius 2 is 2.14 bits per heavy atom. The fourth-order valence-corrected chi connectivity index (χ4v) is 3.05. The number of pyridine rings is 1. The van der Waals surface area contributed by atoms with Crippen molar-refractivity contribution in [3.8, 4) is 0 Å². The lowest BCUT2D eigenvalue weighted by molar-refractivity contribution is 0.629. The van der Waals surface area contributed by atoms with Crippen LogP contribution in [0.3, 0.4) is 0 Å². The van der Waals surface area contributed by atoms with E-state index in [0.29, 0.717) is 22.0 Å². The number of benzene rings is 1. The molecule has 3 aromatic rings. The van der Waals surface area contributed by atoms with Crippen LogP contribution in [0.1, 0.15) is 16.8 Å². The highest BCUT2D eigenvalue weighted by Gasteiger charge is 2.08. The van der Waals surface area contributed by atoms with Gasteiger partial charge in [-0.05, 0) is 32.0 Å². The average molecular weight is 303 g/mol. The van der Waals surface area contributed by atoms with Gasteiger partial charge in [0.2, 0.25) is 0 Å². The van der Waals surface area contributed by atoms with Crippen LogP contribution in [0.4, 0.5) is 4.39 Å². The standard InChI is InChI=1S/C15H14FN3OS/c1-8-6-17-13(9(2)14(8)20)7-21-15-18-11-4-3-10(16)5-12(11)19-15/h3-6H,7H2,1-2H3,(H,17,20)(H,18,19). The molecule has 0 aliphatic heterocycles. The zero-order chi connectivity index (χ0) is 15.0. The van der Waals surface area contributed by atoms with Gasteiger partial charge in [0.05, 0.1) is 11.0 Å². The first-order valence-corrected chi connectivity index (χ1v) is 7.49. The van der Waals surface area contributed by atoms with Gasteiger partial charge in [0.1, 0.15) is 5.82 Å². The van der Waals surface area contributed by atoms with Gasteiger partial charge in [0, 0.05) is 28.8 Å². The molecule has 0 aliphatic carbocycles. The second-order valence-corrected chi connectivity index (χ2v) is 5.86. The summed E-state index contributed by atoms with van der Waals surface area (Å²) in [4.78, 5) is 22.5. The Hall–Kier alpha value is -2.08. The molecule has 3 rings (SSSR count). The van der Waals surface area contributed by atoms with Crippen molar-refractivity contribution in [1.29, 1.82) is 0 Å². The minimum atomic E-state index is -0.290. The fraction of sp³-hybridized carbons (Fsp3) is 0.200. The van der Waals surface area contributed by atoms with E-state index in [0.717, 1.165) is 16.8 Å². The molecule has 0 unspecified atom stereocenters. The number of rotatable bonds is 3. The van der Waals surface area contributed by atoms with Gasteiger partial charge >= 0.3 is 0 Å². The molecular weight excluding hydrogens is 289 g/mol. The van der Waals surface area contributed by atoms with Crippen LogP contribution in [-0.4, -0.2) is 15.0 Å². The lowest BCUT2D eigenvalue weighted by Gasteiger charge is -2.04. The molecule has 0 radical (unpaired) electrons. The Balaban J connectivity index is 1.83. The number of nitrogens with one attached hydrogen (secondary N) is 2. The molecule has 0 bridgehead atoms. The highest BCUT2D eigenvalue weighted by atomic mass is 32.2. The van der Waals surface area contributed by atoms with Crippen molar-refractivity contribution in [3.05, 3.63) is 57.3 Å². The van der Waals surface area contributed by atoms with Crippen molar-refractivity contribution >= 4 is 22.8 Å². The minimum absolute atomic E-state index is 0.0658. The quantitative estimate of drug-likeness (QED) is 0.730. The lowest BCUT2D eigenvalue weighted by Crippen LogP contribution is -2.12. The summed E-state index contributed by atoms with van der Waals surface area (Å²) in [5.74, 6) is 0.310. The van der Waals surface area contributed by atoms with Crippen molar-refractivity contribution in [2.75, 3.05) is 0 Å². The van der Waals surface area contributed by atoms with E-state index in [1.807, 2.05) is 6.92 Å². The summed E-state index contributed by atoms with van der Waals surface area (Å²) in [6.07, 6.45) is 1.72. The van der Waals surface area contributed by atoms with Crippen LogP contribution in [0.15, 0.2) is 34.3 Å². The van der Waals surface area contributed by atoms with E-state index in [1.54, 1.807) is 19.2 Å². The number of nitrogens with zero attached hydrogens (tertiary/aromatic N) is 1. The van der Waals surface area contributed by atoms with Crippen molar-refractivity contribution in [1.82, 2.24) is 15.0 Å². The number of halogens is 1. The van der Waals surface area contributed by atoms with Crippen LogP contribution in [0.25, 0.3) is 11.0 Å². The first-order valence-electron chi connectivity index (χ1n) is 6.50. The van der Waals surface area contributed by atoms with E-state index in [-0.39, 0.29) is 11.2 Å². The zero-order valence-corrected chi connectivity index (χ0v) is 12.5. The molecule has 0 amide bonds. The van der Waals surface area contributed by atoms with Gasteiger partial charge < -0.3 is 9.97 Å². The molecule has 6 heteroatoms. The average Bonchev–Trinajstić information content (AvgIpc) is 2.86. The fourth-order valence-electron chi connectivity index (χ4n) is 2.12. The Bertz CT molecular complexity index is 869. The van der Waals surface area contributed by atoms with Gasteiger partial charge in [0.25, 0.3) is 0 Å². The minimum Gasteiger partial charge on any atom is -0.364 e. The molecule has 1 aromatic carbocycles. The summed E-state index contributed by atoms with van der Waals surface area (Å²) in [6, 6.07) is 4.45. The van der Waals surface area contributed by atoms with Crippen LogP contribution in [0.2, 0.25) is 0 Å². The number of aromatic amines is 2. The third kappa shape index (κ3) is 2.71. The first-order chi connectivity index (χ1) is 10.0. The predicted octanol–water partition coefficient (Wildman–Crippen LogP) is 3.30. The van der Waals surface area contributed by atoms with Gasteiger partial charge in [-0.1, -0.05) is 11.8 Å². The topological polar surface area (TPSA) is 61.5 Å². The molecule has 2 heterocycles. The molecule has 2 aromatic heterocycles. The van der Waals surface area contributed by atoms with E-state index >= 15 is 0 Å². The summed E-state index contributed by atoms with van der Waals surface area (Å²) in [6.45, 7) is 3.60.